The average Bonchev–Trinajstić information content (AvgIpc) is 2.56. The van der Waals surface area contributed by atoms with Crippen molar-refractivity contribution in [3.8, 4) is 0 Å². The monoisotopic (exact) mass is 354 g/mol. The molecular formula is C14H23BrN6. The van der Waals surface area contributed by atoms with Crippen LogP contribution >= 0.6 is 15.9 Å². The number of nitrogens with two attached hydrogens (primary N) is 1. The highest BCUT2D eigenvalue weighted by molar-refractivity contribution is 9.10. The van der Waals surface area contributed by atoms with Gasteiger partial charge in [0.25, 0.3) is 0 Å². The van der Waals surface area contributed by atoms with E-state index < -0.39 is 0 Å². The van der Waals surface area contributed by atoms with E-state index in [1.165, 1.54) is 45.2 Å². The molecule has 2 aliphatic rings. The van der Waals surface area contributed by atoms with Crippen LogP contribution in [0.5, 0.6) is 0 Å². The molecule has 7 heteroatoms. The number of hydrogen-bond acceptors (Lipinski definition) is 6. The summed E-state index contributed by atoms with van der Waals surface area (Å²) < 4.78 is 0.851. The molecule has 0 bridgehead atoms. The highest BCUT2D eigenvalue weighted by Gasteiger charge is 2.27. The predicted molar refractivity (Wildman–Crippen MR) is 88.2 cm³/mol. The summed E-state index contributed by atoms with van der Waals surface area (Å²) in [5.41, 5.74) is 2.60. The van der Waals surface area contributed by atoms with Gasteiger partial charge in [0, 0.05) is 19.1 Å². The Morgan fingerprint density at radius 2 is 1.81 bits per heavy atom. The maximum Gasteiger partial charge on any atom is 0.159 e. The lowest BCUT2D eigenvalue weighted by Gasteiger charge is -2.40. The fraction of sp³-hybridized carbons (Fsp3) is 0.714. The summed E-state index contributed by atoms with van der Waals surface area (Å²) in [5, 5.41) is 0. The normalized spacial score (nSPS) is 21.5. The molecule has 2 fully saturated rings. The van der Waals surface area contributed by atoms with Crippen LogP contribution in [0.3, 0.4) is 0 Å². The van der Waals surface area contributed by atoms with E-state index in [0.29, 0.717) is 5.82 Å². The number of hydrogen-bond donors (Lipinski definition) is 2. The highest BCUT2D eigenvalue weighted by atomic mass is 79.9. The fourth-order valence-corrected chi connectivity index (χ4v) is 3.98. The number of aromatic nitrogens is 2. The predicted octanol–water partition coefficient (Wildman–Crippen LogP) is 1.98. The molecule has 3 N–H and O–H groups in total. The first-order valence-electron chi connectivity index (χ1n) is 7.75. The van der Waals surface area contributed by atoms with Crippen LogP contribution in [0.25, 0.3) is 0 Å². The fourth-order valence-electron chi connectivity index (χ4n) is 3.41. The summed E-state index contributed by atoms with van der Waals surface area (Å²) in [4.78, 5) is 13.5. The number of hydrazine groups is 1. The van der Waals surface area contributed by atoms with Crippen LogP contribution in [0.15, 0.2) is 10.8 Å². The van der Waals surface area contributed by atoms with Gasteiger partial charge in [-0.15, -0.1) is 0 Å². The SMILES string of the molecule is NNc1ncnc(N2CCC(N3CCCCC3)CC2)c1Br. The molecule has 3 rings (SSSR count). The average molecular weight is 355 g/mol. The Hall–Kier alpha value is -0.920. The smallest absolute Gasteiger partial charge is 0.159 e. The van der Waals surface area contributed by atoms with Crippen LogP contribution in [0, 0.1) is 0 Å². The third-order valence-electron chi connectivity index (χ3n) is 4.58. The lowest BCUT2D eigenvalue weighted by atomic mass is 10.00. The Kier molecular flexibility index (Phi) is 4.92. The van der Waals surface area contributed by atoms with E-state index in [1.807, 2.05) is 0 Å². The van der Waals surface area contributed by atoms with Crippen molar-refractivity contribution < 1.29 is 0 Å². The van der Waals surface area contributed by atoms with Crippen LogP contribution in [0.2, 0.25) is 0 Å². The van der Waals surface area contributed by atoms with E-state index in [2.05, 4.69) is 41.1 Å². The molecule has 3 heterocycles. The van der Waals surface area contributed by atoms with E-state index in [4.69, 9.17) is 5.84 Å². The van der Waals surface area contributed by atoms with Crippen molar-refractivity contribution in [2.24, 2.45) is 5.84 Å². The van der Waals surface area contributed by atoms with Crippen LogP contribution in [-0.2, 0) is 0 Å². The number of halogens is 1. The van der Waals surface area contributed by atoms with Gasteiger partial charge in [0.05, 0.1) is 0 Å². The zero-order chi connectivity index (χ0) is 14.7. The van der Waals surface area contributed by atoms with Crippen molar-refractivity contribution in [1.82, 2.24) is 14.9 Å². The Morgan fingerprint density at radius 3 is 2.48 bits per heavy atom. The lowest BCUT2D eigenvalue weighted by Crippen LogP contribution is -2.47. The summed E-state index contributed by atoms with van der Waals surface area (Å²) >= 11 is 3.55. The van der Waals surface area contributed by atoms with Gasteiger partial charge in [-0.05, 0) is 54.7 Å². The Morgan fingerprint density at radius 1 is 1.10 bits per heavy atom. The topological polar surface area (TPSA) is 70.3 Å². The quantitative estimate of drug-likeness (QED) is 0.638. The van der Waals surface area contributed by atoms with Gasteiger partial charge in [0.2, 0.25) is 0 Å². The molecule has 0 saturated carbocycles. The third kappa shape index (κ3) is 3.30. The molecule has 0 aliphatic carbocycles. The molecule has 2 saturated heterocycles. The number of nitrogens with zero attached hydrogens (tertiary/aromatic N) is 4. The van der Waals surface area contributed by atoms with Crippen molar-refractivity contribution in [2.45, 2.75) is 38.1 Å². The number of anilines is 2. The summed E-state index contributed by atoms with van der Waals surface area (Å²) in [6, 6.07) is 0.745. The van der Waals surface area contributed by atoms with Gasteiger partial charge in [0.1, 0.15) is 16.6 Å². The molecule has 6 nitrogen and oxygen atoms in total. The standard InChI is InChI=1S/C14H23BrN6/c15-12-13(19-16)17-10-18-14(12)21-8-4-11(5-9-21)20-6-2-1-3-7-20/h10-11H,1-9,16H2,(H,17,18,19). The second-order valence-corrected chi connectivity index (χ2v) is 6.61. The van der Waals surface area contributed by atoms with Crippen LogP contribution < -0.4 is 16.2 Å². The maximum absolute atomic E-state index is 5.47. The first kappa shape index (κ1) is 15.0. The second-order valence-electron chi connectivity index (χ2n) is 5.82. The zero-order valence-corrected chi connectivity index (χ0v) is 13.8. The van der Waals surface area contributed by atoms with Crippen LogP contribution in [0.4, 0.5) is 11.6 Å². The number of rotatable bonds is 3. The largest absolute Gasteiger partial charge is 0.355 e. The van der Waals surface area contributed by atoms with Gasteiger partial charge in [-0.25, -0.2) is 15.8 Å². The summed E-state index contributed by atoms with van der Waals surface area (Å²) in [6.45, 7) is 4.65. The summed E-state index contributed by atoms with van der Waals surface area (Å²) in [6.07, 6.45) is 8.11. The van der Waals surface area contributed by atoms with Crippen molar-refractivity contribution in [1.29, 1.82) is 0 Å². The van der Waals surface area contributed by atoms with Gasteiger partial charge in [-0.2, -0.15) is 0 Å². The molecule has 21 heavy (non-hydrogen) atoms. The molecule has 0 spiro atoms. The Balaban J connectivity index is 1.63. The molecule has 0 aromatic carbocycles. The first-order valence-corrected chi connectivity index (χ1v) is 8.55. The molecule has 116 valence electrons. The summed E-state index contributed by atoms with van der Waals surface area (Å²) in [5.74, 6) is 7.05. The lowest BCUT2D eigenvalue weighted by molar-refractivity contribution is 0.141. The molecule has 1 aromatic rings. The van der Waals surface area contributed by atoms with Gasteiger partial charge in [0.15, 0.2) is 5.82 Å². The van der Waals surface area contributed by atoms with Gasteiger partial charge in [-0.1, -0.05) is 6.42 Å². The zero-order valence-electron chi connectivity index (χ0n) is 12.3. The number of nitrogen functional groups attached to an aromatic ring is 1. The molecule has 2 aliphatic heterocycles. The molecule has 1 aromatic heterocycles. The van der Waals surface area contributed by atoms with Gasteiger partial charge in [-0.3, -0.25) is 0 Å². The Labute approximate surface area is 134 Å². The van der Waals surface area contributed by atoms with E-state index in [9.17, 15) is 0 Å². The minimum absolute atomic E-state index is 0.637. The minimum atomic E-state index is 0.637. The minimum Gasteiger partial charge on any atom is -0.355 e. The second kappa shape index (κ2) is 6.89. The molecule has 0 atom stereocenters. The van der Waals surface area contributed by atoms with Gasteiger partial charge >= 0.3 is 0 Å². The number of nitrogens with one attached hydrogen (secondary N) is 1. The van der Waals surface area contributed by atoms with Crippen molar-refractivity contribution in [2.75, 3.05) is 36.5 Å². The maximum atomic E-state index is 5.47. The summed E-state index contributed by atoms with van der Waals surface area (Å²) in [7, 11) is 0. The number of piperidine rings is 2. The van der Waals surface area contributed by atoms with Crippen molar-refractivity contribution in [3.63, 3.8) is 0 Å². The molecular weight excluding hydrogens is 332 g/mol. The van der Waals surface area contributed by atoms with Crippen molar-refractivity contribution >= 4 is 27.6 Å². The highest BCUT2D eigenvalue weighted by Crippen LogP contribution is 2.31. The van der Waals surface area contributed by atoms with E-state index in [0.717, 1.165) is 29.4 Å². The van der Waals surface area contributed by atoms with Crippen molar-refractivity contribution in [3.05, 3.63) is 10.8 Å². The first-order chi connectivity index (χ1) is 10.3. The third-order valence-corrected chi connectivity index (χ3v) is 5.31. The van der Waals surface area contributed by atoms with Gasteiger partial charge < -0.3 is 15.2 Å². The van der Waals surface area contributed by atoms with Crippen LogP contribution in [0.1, 0.15) is 32.1 Å². The molecule has 0 amide bonds. The Bertz CT molecular complexity index is 469. The molecule has 0 radical (unpaired) electrons. The molecule has 0 unspecified atom stereocenters. The number of likely N-dealkylation sites (tertiary alicyclic amines) is 1. The van der Waals surface area contributed by atoms with E-state index in [1.54, 1.807) is 6.33 Å². The van der Waals surface area contributed by atoms with E-state index >= 15 is 0 Å². The van der Waals surface area contributed by atoms with Crippen LogP contribution in [-0.4, -0.2) is 47.1 Å². The van der Waals surface area contributed by atoms with E-state index in [-0.39, 0.29) is 0 Å².